The first-order valence-corrected chi connectivity index (χ1v) is 7.99. The number of anilines is 1. The summed E-state index contributed by atoms with van der Waals surface area (Å²) in [4.78, 5) is 17.3. The number of nitrogens with zero attached hydrogens (tertiary/aromatic N) is 2. The van der Waals surface area contributed by atoms with Gasteiger partial charge in [-0.2, -0.15) is 4.73 Å². The van der Waals surface area contributed by atoms with Crippen molar-refractivity contribution in [2.24, 2.45) is 0 Å². The second-order valence-electron chi connectivity index (χ2n) is 4.80. The van der Waals surface area contributed by atoms with Crippen LogP contribution in [-0.4, -0.2) is 10.9 Å². The van der Waals surface area contributed by atoms with Crippen molar-refractivity contribution in [3.8, 4) is 0 Å². The molecule has 0 spiro atoms. The van der Waals surface area contributed by atoms with Gasteiger partial charge in [-0.05, 0) is 11.6 Å². The molecule has 116 valence electrons. The predicted octanol–water partition coefficient (Wildman–Crippen LogP) is 3.27. The molecular weight excluding hydrogens is 334 g/mol. The number of hydrogen-bond acceptors (Lipinski definition) is 4. The minimum atomic E-state index is -0.302. The van der Waals surface area contributed by atoms with E-state index in [-0.39, 0.29) is 5.91 Å². The first kappa shape index (κ1) is 15.5. The summed E-state index contributed by atoms with van der Waals surface area (Å²) in [5.74, 6) is -0.302. The van der Waals surface area contributed by atoms with Crippen molar-refractivity contribution in [2.75, 3.05) is 5.32 Å². The van der Waals surface area contributed by atoms with Crippen LogP contribution < -0.4 is 10.0 Å². The van der Waals surface area contributed by atoms with Crippen molar-refractivity contribution in [1.29, 1.82) is 0 Å². The molecule has 1 N–H and O–H groups in total. The molecule has 0 aliphatic rings. The number of halogens is 1. The summed E-state index contributed by atoms with van der Waals surface area (Å²) in [5.41, 5.74) is 1.42. The number of benzene rings is 1. The van der Waals surface area contributed by atoms with E-state index in [1.54, 1.807) is 6.20 Å². The van der Waals surface area contributed by atoms with Crippen LogP contribution in [0.1, 0.15) is 20.8 Å². The number of aromatic nitrogens is 2. The van der Waals surface area contributed by atoms with Crippen LogP contribution in [-0.2, 0) is 6.42 Å². The topological polar surface area (TPSA) is 68.9 Å². The lowest BCUT2D eigenvalue weighted by molar-refractivity contribution is -0.605. The molecule has 0 fully saturated rings. The fourth-order valence-electron chi connectivity index (χ4n) is 2.01. The van der Waals surface area contributed by atoms with E-state index in [1.165, 1.54) is 35.9 Å². The summed E-state index contributed by atoms with van der Waals surface area (Å²) < 4.78 is 0.627. The van der Waals surface area contributed by atoms with Gasteiger partial charge in [-0.3, -0.25) is 10.1 Å². The van der Waals surface area contributed by atoms with E-state index in [9.17, 15) is 10.0 Å². The minimum absolute atomic E-state index is 0.302. The monoisotopic (exact) mass is 345 g/mol. The Morgan fingerprint density at radius 3 is 2.74 bits per heavy atom. The Labute approximate surface area is 141 Å². The van der Waals surface area contributed by atoms with E-state index in [1.807, 2.05) is 24.3 Å². The molecule has 2 heterocycles. The summed E-state index contributed by atoms with van der Waals surface area (Å²) in [6, 6.07) is 10.5. The summed E-state index contributed by atoms with van der Waals surface area (Å²) >= 11 is 7.54. The molecule has 0 radical (unpaired) electrons. The molecule has 0 atom stereocenters. The van der Waals surface area contributed by atoms with Crippen LogP contribution >= 0.6 is 22.9 Å². The molecule has 0 aliphatic carbocycles. The fourth-order valence-corrected chi connectivity index (χ4v) is 3.04. The van der Waals surface area contributed by atoms with Crippen molar-refractivity contribution >= 4 is 34.0 Å². The number of carbonyl (C=O) groups is 1. The second kappa shape index (κ2) is 6.76. The molecule has 3 aromatic rings. The smallest absolute Gasteiger partial charge is 0.257 e. The molecule has 7 heteroatoms. The maximum Gasteiger partial charge on any atom is 0.257 e. The Hall–Kier alpha value is -2.44. The average molecular weight is 346 g/mol. The maximum absolute atomic E-state index is 12.1. The Morgan fingerprint density at radius 1 is 1.26 bits per heavy atom. The molecule has 1 amide bonds. The van der Waals surface area contributed by atoms with E-state index < -0.39 is 0 Å². The van der Waals surface area contributed by atoms with Crippen molar-refractivity contribution in [3.63, 3.8) is 0 Å². The largest absolute Gasteiger partial charge is 0.619 e. The highest BCUT2D eigenvalue weighted by atomic mass is 35.5. The first-order chi connectivity index (χ1) is 11.1. The Kier molecular flexibility index (Phi) is 4.55. The molecular formula is C16H12ClN3O2S. The molecule has 3 rings (SSSR count). The zero-order valence-electron chi connectivity index (χ0n) is 11.9. The SMILES string of the molecule is O=C(Nc1ncc(Cc2ccccc2Cl)s1)c1cc[n+]([O-])cc1. The molecule has 0 aliphatic heterocycles. The van der Waals surface area contributed by atoms with Crippen LogP contribution in [0.3, 0.4) is 0 Å². The van der Waals surface area contributed by atoms with Gasteiger partial charge in [-0.25, -0.2) is 4.98 Å². The van der Waals surface area contributed by atoms with E-state index in [0.717, 1.165) is 10.4 Å². The van der Waals surface area contributed by atoms with Gasteiger partial charge in [0.15, 0.2) is 17.5 Å². The molecule has 0 bridgehead atoms. The van der Waals surface area contributed by atoms with E-state index in [4.69, 9.17) is 11.6 Å². The fraction of sp³-hybridized carbons (Fsp3) is 0.0625. The number of pyridine rings is 1. The third kappa shape index (κ3) is 3.85. The molecule has 5 nitrogen and oxygen atoms in total. The zero-order chi connectivity index (χ0) is 16.2. The van der Waals surface area contributed by atoms with E-state index in [2.05, 4.69) is 10.3 Å². The first-order valence-electron chi connectivity index (χ1n) is 6.80. The van der Waals surface area contributed by atoms with Gasteiger partial charge >= 0.3 is 0 Å². The van der Waals surface area contributed by atoms with Gasteiger partial charge in [0.25, 0.3) is 5.91 Å². The third-order valence-corrected chi connectivity index (χ3v) is 4.44. The predicted molar refractivity (Wildman–Crippen MR) is 89.7 cm³/mol. The summed E-state index contributed by atoms with van der Waals surface area (Å²) in [7, 11) is 0. The van der Waals surface area contributed by atoms with E-state index >= 15 is 0 Å². The maximum atomic E-state index is 12.1. The molecule has 0 unspecified atom stereocenters. The van der Waals surface area contributed by atoms with Gasteiger partial charge in [-0.1, -0.05) is 29.8 Å². The van der Waals surface area contributed by atoms with Gasteiger partial charge in [0.05, 0.1) is 5.56 Å². The quantitative estimate of drug-likeness (QED) is 0.582. The minimum Gasteiger partial charge on any atom is -0.619 e. The number of thiazole rings is 1. The van der Waals surface area contributed by atoms with Gasteiger partial charge < -0.3 is 5.21 Å². The van der Waals surface area contributed by atoms with Crippen molar-refractivity contribution in [1.82, 2.24) is 4.98 Å². The zero-order valence-corrected chi connectivity index (χ0v) is 13.5. The van der Waals surface area contributed by atoms with Crippen LogP contribution in [0.5, 0.6) is 0 Å². The highest BCUT2D eigenvalue weighted by Gasteiger charge is 2.11. The van der Waals surface area contributed by atoms with E-state index in [0.29, 0.717) is 26.9 Å². The average Bonchev–Trinajstić information content (AvgIpc) is 2.97. The number of carbonyl (C=O) groups excluding carboxylic acids is 1. The van der Waals surface area contributed by atoms with Crippen LogP contribution in [0.15, 0.2) is 55.0 Å². The standard InChI is InChI=1S/C16H12ClN3O2S/c17-14-4-2-1-3-12(14)9-13-10-18-16(23-13)19-15(21)11-5-7-20(22)8-6-11/h1-8,10H,9H2,(H,18,19,21). The van der Waals surface area contributed by atoms with Gasteiger partial charge in [0.1, 0.15) is 0 Å². The number of amides is 1. The third-order valence-electron chi connectivity index (χ3n) is 3.16. The van der Waals surface area contributed by atoms with Gasteiger partial charge in [-0.15, -0.1) is 11.3 Å². The summed E-state index contributed by atoms with van der Waals surface area (Å²) in [5, 5.41) is 14.9. The number of nitrogens with one attached hydrogen (secondary N) is 1. The highest BCUT2D eigenvalue weighted by Crippen LogP contribution is 2.24. The van der Waals surface area contributed by atoms with Gasteiger partial charge in [0.2, 0.25) is 0 Å². The lowest BCUT2D eigenvalue weighted by Gasteiger charge is -2.02. The lowest BCUT2D eigenvalue weighted by Crippen LogP contribution is -2.25. The molecule has 0 saturated carbocycles. The van der Waals surface area contributed by atoms with Crippen LogP contribution in [0.4, 0.5) is 5.13 Å². The Morgan fingerprint density at radius 2 is 2.00 bits per heavy atom. The Bertz CT molecular complexity index is 833. The molecule has 2 aromatic heterocycles. The summed E-state index contributed by atoms with van der Waals surface area (Å²) in [6.07, 6.45) is 4.94. The molecule has 1 aromatic carbocycles. The molecule has 0 saturated heterocycles. The van der Waals surface area contributed by atoms with Crippen LogP contribution in [0, 0.1) is 5.21 Å². The van der Waals surface area contributed by atoms with Crippen molar-refractivity contribution < 1.29 is 9.52 Å². The normalized spacial score (nSPS) is 10.5. The highest BCUT2D eigenvalue weighted by molar-refractivity contribution is 7.15. The van der Waals surface area contributed by atoms with Crippen molar-refractivity contribution in [3.05, 3.63) is 81.2 Å². The Balaban J connectivity index is 1.68. The van der Waals surface area contributed by atoms with Gasteiger partial charge in [0, 0.05) is 34.7 Å². The number of hydrogen-bond donors (Lipinski definition) is 1. The molecule has 23 heavy (non-hydrogen) atoms. The summed E-state index contributed by atoms with van der Waals surface area (Å²) in [6.45, 7) is 0. The number of rotatable bonds is 4. The van der Waals surface area contributed by atoms with Crippen LogP contribution in [0.2, 0.25) is 5.02 Å². The van der Waals surface area contributed by atoms with Crippen LogP contribution in [0.25, 0.3) is 0 Å². The lowest BCUT2D eigenvalue weighted by atomic mass is 10.1. The van der Waals surface area contributed by atoms with Crippen molar-refractivity contribution in [2.45, 2.75) is 6.42 Å². The second-order valence-corrected chi connectivity index (χ2v) is 6.32.